The normalized spacial score (nSPS) is 19.5. The Hall–Kier alpha value is -2.47. The molecule has 3 aromatic rings. The number of amides is 1. The zero-order chi connectivity index (χ0) is 15.8. The quantitative estimate of drug-likeness (QED) is 0.777. The van der Waals surface area contributed by atoms with Crippen molar-refractivity contribution in [1.82, 2.24) is 4.98 Å². The summed E-state index contributed by atoms with van der Waals surface area (Å²) in [6.45, 7) is 0. The number of nitrogens with one attached hydrogen (secondary N) is 1. The Bertz CT molecular complexity index is 827. The van der Waals surface area contributed by atoms with E-state index in [9.17, 15) is 9.18 Å². The van der Waals surface area contributed by atoms with E-state index in [4.69, 9.17) is 4.42 Å². The number of benzene rings is 1. The third-order valence-corrected chi connectivity index (χ3v) is 4.70. The lowest BCUT2D eigenvalue weighted by Gasteiger charge is -2.05. The molecule has 0 unspecified atom stereocenters. The SMILES string of the molecule is O=C(Nc1scnc1-c1ccc(F)cc1)[C@@H]1C[C@H]1c1ccco1. The summed E-state index contributed by atoms with van der Waals surface area (Å²) < 4.78 is 18.4. The van der Waals surface area contributed by atoms with Crippen LogP contribution in [0.15, 0.2) is 52.6 Å². The highest BCUT2D eigenvalue weighted by Gasteiger charge is 2.46. The zero-order valence-electron chi connectivity index (χ0n) is 12.0. The van der Waals surface area contributed by atoms with E-state index in [0.717, 1.165) is 17.7 Å². The van der Waals surface area contributed by atoms with E-state index in [1.165, 1.54) is 23.5 Å². The molecule has 2 heterocycles. The van der Waals surface area contributed by atoms with Crippen molar-refractivity contribution in [2.45, 2.75) is 12.3 Å². The summed E-state index contributed by atoms with van der Waals surface area (Å²) in [7, 11) is 0. The van der Waals surface area contributed by atoms with Crippen LogP contribution in [0.2, 0.25) is 0 Å². The van der Waals surface area contributed by atoms with E-state index in [1.54, 1.807) is 23.9 Å². The number of carbonyl (C=O) groups is 1. The molecule has 0 aliphatic heterocycles. The number of halogens is 1. The minimum atomic E-state index is -0.297. The van der Waals surface area contributed by atoms with Gasteiger partial charge in [0.25, 0.3) is 0 Å². The Labute approximate surface area is 136 Å². The Morgan fingerprint density at radius 3 is 2.87 bits per heavy atom. The molecular formula is C17H13FN2O2S. The molecule has 6 heteroatoms. The Morgan fingerprint density at radius 2 is 2.13 bits per heavy atom. The van der Waals surface area contributed by atoms with Crippen molar-refractivity contribution < 1.29 is 13.6 Å². The van der Waals surface area contributed by atoms with Crippen LogP contribution in [0.4, 0.5) is 9.39 Å². The van der Waals surface area contributed by atoms with Crippen LogP contribution in [0.25, 0.3) is 11.3 Å². The molecule has 2 atom stereocenters. The zero-order valence-corrected chi connectivity index (χ0v) is 12.8. The second-order valence-corrected chi connectivity index (χ2v) is 6.35. The highest BCUT2D eigenvalue weighted by molar-refractivity contribution is 7.14. The van der Waals surface area contributed by atoms with Gasteiger partial charge in [-0.1, -0.05) is 0 Å². The molecule has 2 aromatic heterocycles. The van der Waals surface area contributed by atoms with Gasteiger partial charge in [-0.3, -0.25) is 4.79 Å². The van der Waals surface area contributed by atoms with Crippen molar-refractivity contribution in [3.05, 3.63) is 59.7 Å². The molecule has 0 spiro atoms. The molecule has 1 fully saturated rings. The van der Waals surface area contributed by atoms with E-state index in [1.807, 2.05) is 12.1 Å². The lowest BCUT2D eigenvalue weighted by atomic mass is 10.1. The minimum absolute atomic E-state index is 0.0287. The predicted molar refractivity (Wildman–Crippen MR) is 85.7 cm³/mol. The van der Waals surface area contributed by atoms with Crippen LogP contribution in [0.5, 0.6) is 0 Å². The summed E-state index contributed by atoms with van der Waals surface area (Å²) in [5.41, 5.74) is 3.12. The molecule has 116 valence electrons. The van der Waals surface area contributed by atoms with E-state index in [2.05, 4.69) is 10.3 Å². The Kier molecular flexibility index (Phi) is 3.46. The molecule has 4 rings (SSSR count). The summed E-state index contributed by atoms with van der Waals surface area (Å²) in [5, 5.41) is 3.63. The molecule has 0 bridgehead atoms. The van der Waals surface area contributed by atoms with Gasteiger partial charge in [0.1, 0.15) is 22.3 Å². The lowest BCUT2D eigenvalue weighted by molar-refractivity contribution is -0.117. The first kappa shape index (κ1) is 14.1. The third kappa shape index (κ3) is 2.77. The molecule has 1 saturated carbocycles. The highest BCUT2D eigenvalue weighted by Crippen LogP contribution is 2.48. The number of furan rings is 1. The van der Waals surface area contributed by atoms with Crippen molar-refractivity contribution in [2.75, 3.05) is 5.32 Å². The largest absolute Gasteiger partial charge is 0.469 e. The van der Waals surface area contributed by atoms with Crippen LogP contribution in [-0.4, -0.2) is 10.9 Å². The summed E-state index contributed by atoms with van der Waals surface area (Å²) in [6, 6.07) is 9.81. The van der Waals surface area contributed by atoms with Gasteiger partial charge in [-0.05, 0) is 42.8 Å². The maximum atomic E-state index is 13.0. The summed E-state index contributed by atoms with van der Waals surface area (Å²) in [5.74, 6) is 0.623. The van der Waals surface area contributed by atoms with Crippen LogP contribution >= 0.6 is 11.3 Å². The number of nitrogens with zero attached hydrogens (tertiary/aromatic N) is 1. The van der Waals surface area contributed by atoms with Crippen LogP contribution in [0.3, 0.4) is 0 Å². The number of thiazole rings is 1. The van der Waals surface area contributed by atoms with Gasteiger partial charge in [0.05, 0.1) is 11.8 Å². The van der Waals surface area contributed by atoms with Crippen molar-refractivity contribution in [2.24, 2.45) is 5.92 Å². The summed E-state index contributed by atoms with van der Waals surface area (Å²) in [4.78, 5) is 16.7. The lowest BCUT2D eigenvalue weighted by Crippen LogP contribution is -2.14. The second kappa shape index (κ2) is 5.62. The van der Waals surface area contributed by atoms with Gasteiger partial charge in [-0.2, -0.15) is 0 Å². The van der Waals surface area contributed by atoms with Crippen molar-refractivity contribution in [3.8, 4) is 11.3 Å². The fraction of sp³-hybridized carbons (Fsp3) is 0.176. The number of rotatable bonds is 4. The van der Waals surface area contributed by atoms with Crippen molar-refractivity contribution >= 4 is 22.2 Å². The topological polar surface area (TPSA) is 55.1 Å². The minimum Gasteiger partial charge on any atom is -0.469 e. The average molecular weight is 328 g/mol. The van der Waals surface area contributed by atoms with Crippen molar-refractivity contribution in [3.63, 3.8) is 0 Å². The molecule has 0 radical (unpaired) electrons. The molecular weight excluding hydrogens is 315 g/mol. The van der Waals surface area contributed by atoms with Gasteiger partial charge in [0.15, 0.2) is 0 Å². The van der Waals surface area contributed by atoms with Gasteiger partial charge in [0, 0.05) is 17.4 Å². The van der Waals surface area contributed by atoms with Crippen LogP contribution < -0.4 is 5.32 Å². The van der Waals surface area contributed by atoms with Gasteiger partial charge in [-0.25, -0.2) is 9.37 Å². The van der Waals surface area contributed by atoms with Gasteiger partial charge < -0.3 is 9.73 Å². The first-order valence-electron chi connectivity index (χ1n) is 7.26. The molecule has 0 saturated heterocycles. The molecule has 23 heavy (non-hydrogen) atoms. The van der Waals surface area contributed by atoms with E-state index >= 15 is 0 Å². The molecule has 1 aliphatic carbocycles. The standard InChI is InChI=1S/C17H13FN2O2S/c18-11-5-3-10(4-6-11)15-17(23-9-19-15)20-16(21)13-8-12(13)14-2-1-7-22-14/h1-7,9,12-13H,8H2,(H,20,21)/t12-,13-/m1/s1. The van der Waals surface area contributed by atoms with E-state index in [0.29, 0.717) is 10.7 Å². The fourth-order valence-corrected chi connectivity index (χ4v) is 3.36. The Balaban J connectivity index is 1.49. The second-order valence-electron chi connectivity index (χ2n) is 5.49. The monoisotopic (exact) mass is 328 g/mol. The average Bonchev–Trinajstić information content (AvgIpc) is 2.97. The molecule has 1 aliphatic rings. The fourth-order valence-electron chi connectivity index (χ4n) is 2.65. The highest BCUT2D eigenvalue weighted by atomic mass is 32.1. The van der Waals surface area contributed by atoms with Gasteiger partial charge >= 0.3 is 0 Å². The summed E-state index contributed by atoms with van der Waals surface area (Å²) in [6.07, 6.45) is 2.42. The summed E-state index contributed by atoms with van der Waals surface area (Å²) >= 11 is 1.36. The molecule has 4 nitrogen and oxygen atoms in total. The number of hydrogen-bond donors (Lipinski definition) is 1. The smallest absolute Gasteiger partial charge is 0.228 e. The number of hydrogen-bond acceptors (Lipinski definition) is 4. The number of carbonyl (C=O) groups excluding carboxylic acids is 1. The third-order valence-electron chi connectivity index (χ3n) is 3.96. The first-order chi connectivity index (χ1) is 11.2. The molecule has 1 aromatic carbocycles. The van der Waals surface area contributed by atoms with E-state index < -0.39 is 0 Å². The number of anilines is 1. The Morgan fingerprint density at radius 1 is 1.30 bits per heavy atom. The molecule has 1 amide bonds. The van der Waals surface area contributed by atoms with E-state index in [-0.39, 0.29) is 23.6 Å². The molecule has 1 N–H and O–H groups in total. The van der Waals surface area contributed by atoms with Gasteiger partial charge in [-0.15, -0.1) is 11.3 Å². The van der Waals surface area contributed by atoms with Crippen LogP contribution in [0.1, 0.15) is 18.1 Å². The van der Waals surface area contributed by atoms with Crippen molar-refractivity contribution in [1.29, 1.82) is 0 Å². The van der Waals surface area contributed by atoms with Crippen LogP contribution in [0, 0.1) is 11.7 Å². The van der Waals surface area contributed by atoms with Gasteiger partial charge in [0.2, 0.25) is 5.91 Å². The number of aromatic nitrogens is 1. The maximum absolute atomic E-state index is 13.0. The van der Waals surface area contributed by atoms with Crippen LogP contribution in [-0.2, 0) is 4.79 Å². The maximum Gasteiger partial charge on any atom is 0.228 e. The predicted octanol–water partition coefficient (Wildman–Crippen LogP) is 4.28. The first-order valence-corrected chi connectivity index (χ1v) is 8.14.